The summed E-state index contributed by atoms with van der Waals surface area (Å²) in [7, 11) is 0. The Morgan fingerprint density at radius 1 is 1.53 bits per heavy atom. The fourth-order valence-electron chi connectivity index (χ4n) is 1.41. The lowest BCUT2D eigenvalue weighted by molar-refractivity contribution is 0.112. The van der Waals surface area contributed by atoms with Gasteiger partial charge in [-0.3, -0.25) is 9.59 Å². The highest BCUT2D eigenvalue weighted by atomic mass is 35.5. The highest BCUT2D eigenvalue weighted by Gasteiger charge is 2.11. The Bertz CT molecular complexity index is 654. The molecule has 0 aliphatic heterocycles. The second kappa shape index (κ2) is 6.31. The van der Waals surface area contributed by atoms with Crippen LogP contribution in [0.1, 0.15) is 28.7 Å². The second-order valence-corrected chi connectivity index (χ2v) is 6.27. The number of thiazole rings is 1. The van der Waals surface area contributed by atoms with Crippen molar-refractivity contribution in [2.24, 2.45) is 0 Å². The van der Waals surface area contributed by atoms with Crippen LogP contribution in [0.15, 0.2) is 20.4 Å². The molecule has 0 aromatic carbocycles. The van der Waals surface area contributed by atoms with Gasteiger partial charge in [0.05, 0.1) is 0 Å². The summed E-state index contributed by atoms with van der Waals surface area (Å²) in [5.41, 5.74) is 0.547. The number of carbonyl (C=O) groups is 1. The topological polar surface area (TPSA) is 75.7 Å². The zero-order valence-electron chi connectivity index (χ0n) is 9.97. The highest BCUT2D eigenvalue weighted by molar-refractivity contribution is 8.00. The molecule has 0 fully saturated rings. The van der Waals surface area contributed by atoms with Gasteiger partial charge in [0.25, 0.3) is 5.56 Å². The molecule has 0 amide bonds. The number of nitrogens with one attached hydrogen (secondary N) is 1. The molecule has 0 bridgehead atoms. The third-order valence-corrected chi connectivity index (χ3v) is 4.49. The van der Waals surface area contributed by atoms with Gasteiger partial charge in [-0.1, -0.05) is 24.9 Å². The summed E-state index contributed by atoms with van der Waals surface area (Å²) in [6.45, 7) is 2.02. The molecule has 0 aliphatic carbocycles. The van der Waals surface area contributed by atoms with Gasteiger partial charge >= 0.3 is 0 Å². The second-order valence-electron chi connectivity index (χ2n) is 3.65. The zero-order chi connectivity index (χ0) is 13.8. The number of rotatable bonds is 5. The maximum Gasteiger partial charge on any atom is 0.251 e. The Balaban J connectivity index is 2.26. The van der Waals surface area contributed by atoms with Crippen LogP contribution in [0, 0.1) is 0 Å². The summed E-state index contributed by atoms with van der Waals surface area (Å²) < 4.78 is 0.573. The van der Waals surface area contributed by atoms with Crippen molar-refractivity contribution in [3.8, 4) is 0 Å². The minimum absolute atomic E-state index is 0.176. The Labute approximate surface area is 122 Å². The van der Waals surface area contributed by atoms with E-state index in [0.717, 1.165) is 18.5 Å². The molecule has 100 valence electrons. The number of hydrogen-bond donors (Lipinski definition) is 1. The highest BCUT2D eigenvalue weighted by Crippen LogP contribution is 2.32. The largest absolute Gasteiger partial charge is 0.301 e. The molecule has 0 atom stereocenters. The number of hydrogen-bond acceptors (Lipinski definition) is 6. The predicted molar refractivity (Wildman–Crippen MR) is 75.5 cm³/mol. The molecule has 0 saturated carbocycles. The van der Waals surface area contributed by atoms with Gasteiger partial charge in [-0.25, -0.2) is 9.97 Å². The van der Waals surface area contributed by atoms with E-state index in [1.807, 2.05) is 6.92 Å². The lowest BCUT2D eigenvalue weighted by atomic mass is 10.2. The lowest BCUT2D eigenvalue weighted by Crippen LogP contribution is -2.09. The van der Waals surface area contributed by atoms with E-state index < -0.39 is 0 Å². The smallest absolute Gasteiger partial charge is 0.251 e. The molecule has 2 aromatic heterocycles. The van der Waals surface area contributed by atoms with E-state index in [0.29, 0.717) is 20.7 Å². The number of aromatic amines is 1. The molecule has 2 rings (SSSR count). The molecule has 0 saturated heterocycles. The molecule has 0 radical (unpaired) electrons. The van der Waals surface area contributed by atoms with Gasteiger partial charge in [-0.05, 0) is 18.2 Å². The first kappa shape index (κ1) is 14.2. The Morgan fingerprint density at radius 3 is 2.95 bits per heavy atom. The number of aromatic nitrogens is 3. The van der Waals surface area contributed by atoms with E-state index in [9.17, 15) is 9.59 Å². The van der Waals surface area contributed by atoms with Crippen LogP contribution < -0.4 is 5.56 Å². The van der Waals surface area contributed by atoms with Crippen LogP contribution in [-0.2, 0) is 6.42 Å². The van der Waals surface area contributed by atoms with E-state index in [1.54, 1.807) is 0 Å². The van der Waals surface area contributed by atoms with E-state index in [4.69, 9.17) is 11.6 Å². The quantitative estimate of drug-likeness (QED) is 0.678. The average Bonchev–Trinajstić information content (AvgIpc) is 2.69. The van der Waals surface area contributed by atoms with Crippen molar-refractivity contribution in [2.45, 2.75) is 29.3 Å². The number of aryl methyl sites for hydroxylation is 1. The van der Waals surface area contributed by atoms with E-state index in [-0.39, 0.29) is 10.7 Å². The molecule has 1 N–H and O–H groups in total. The predicted octanol–water partition coefficient (Wildman–Crippen LogP) is 2.80. The Morgan fingerprint density at radius 2 is 2.32 bits per heavy atom. The molecule has 2 heterocycles. The van der Waals surface area contributed by atoms with Gasteiger partial charge in [-0.15, -0.1) is 11.3 Å². The Hall–Kier alpha value is -1.18. The van der Waals surface area contributed by atoms with Crippen LogP contribution in [0.3, 0.4) is 0 Å². The standard InChI is InChI=1S/C11H10ClN3O2S2/c1-2-3-6-4-8(17)14-10(13-6)19-11-15-9(12)7(5-16)18-11/h4-5H,2-3H2,1H3,(H,13,14,17). The summed E-state index contributed by atoms with van der Waals surface area (Å²) in [6.07, 6.45) is 2.32. The van der Waals surface area contributed by atoms with E-state index in [1.165, 1.54) is 29.2 Å². The summed E-state index contributed by atoms with van der Waals surface area (Å²) in [5, 5.41) is 0.633. The summed E-state index contributed by atoms with van der Waals surface area (Å²) in [4.78, 5) is 33.6. The SMILES string of the molecule is CCCc1cc(=O)[nH]c(Sc2nc(Cl)c(C=O)s2)n1. The number of aldehydes is 1. The van der Waals surface area contributed by atoms with Crippen molar-refractivity contribution < 1.29 is 4.79 Å². The van der Waals surface area contributed by atoms with Crippen LogP contribution in [0.4, 0.5) is 0 Å². The van der Waals surface area contributed by atoms with Crippen molar-refractivity contribution in [3.05, 3.63) is 32.1 Å². The first-order chi connectivity index (χ1) is 9.12. The van der Waals surface area contributed by atoms with Crippen LogP contribution >= 0.6 is 34.7 Å². The minimum atomic E-state index is -0.195. The van der Waals surface area contributed by atoms with E-state index in [2.05, 4.69) is 15.0 Å². The number of H-pyrrole nitrogens is 1. The van der Waals surface area contributed by atoms with Crippen LogP contribution in [0.2, 0.25) is 5.15 Å². The fraction of sp³-hybridized carbons (Fsp3) is 0.273. The summed E-state index contributed by atoms with van der Waals surface area (Å²) in [5.74, 6) is 0. The molecular formula is C11H10ClN3O2S2. The van der Waals surface area contributed by atoms with Crippen LogP contribution in [-0.4, -0.2) is 21.2 Å². The molecule has 0 aliphatic rings. The molecule has 8 heteroatoms. The van der Waals surface area contributed by atoms with E-state index >= 15 is 0 Å². The first-order valence-corrected chi connectivity index (χ1v) is 7.53. The van der Waals surface area contributed by atoms with Crippen molar-refractivity contribution in [1.82, 2.24) is 15.0 Å². The van der Waals surface area contributed by atoms with Gasteiger partial charge in [0.2, 0.25) is 0 Å². The number of nitrogens with zero attached hydrogens (tertiary/aromatic N) is 2. The van der Waals surface area contributed by atoms with Crippen molar-refractivity contribution in [3.63, 3.8) is 0 Å². The lowest BCUT2D eigenvalue weighted by Gasteiger charge is -2.00. The fourth-order valence-corrected chi connectivity index (χ4v) is 3.55. The molecule has 0 unspecified atom stereocenters. The third-order valence-electron chi connectivity index (χ3n) is 2.16. The van der Waals surface area contributed by atoms with Crippen LogP contribution in [0.25, 0.3) is 0 Å². The number of halogens is 1. The normalized spacial score (nSPS) is 10.6. The Kier molecular flexibility index (Phi) is 4.73. The van der Waals surface area contributed by atoms with Crippen molar-refractivity contribution >= 4 is 41.0 Å². The maximum atomic E-state index is 11.5. The van der Waals surface area contributed by atoms with Gasteiger partial charge in [-0.2, -0.15) is 0 Å². The van der Waals surface area contributed by atoms with Crippen LogP contribution in [0.5, 0.6) is 0 Å². The van der Waals surface area contributed by atoms with Gasteiger partial charge in [0.1, 0.15) is 4.88 Å². The summed E-state index contributed by atoms with van der Waals surface area (Å²) in [6, 6.07) is 1.49. The monoisotopic (exact) mass is 315 g/mol. The molecule has 0 spiro atoms. The average molecular weight is 316 g/mol. The van der Waals surface area contributed by atoms with Crippen molar-refractivity contribution in [2.75, 3.05) is 0 Å². The zero-order valence-corrected chi connectivity index (χ0v) is 12.4. The molecule has 5 nitrogen and oxygen atoms in total. The molecular weight excluding hydrogens is 306 g/mol. The molecule has 2 aromatic rings. The summed E-state index contributed by atoms with van der Waals surface area (Å²) >= 11 is 8.14. The maximum absolute atomic E-state index is 11.5. The van der Waals surface area contributed by atoms with Crippen molar-refractivity contribution in [1.29, 1.82) is 0 Å². The third kappa shape index (κ3) is 3.65. The van der Waals surface area contributed by atoms with Gasteiger partial charge in [0, 0.05) is 11.8 Å². The minimum Gasteiger partial charge on any atom is -0.301 e. The van der Waals surface area contributed by atoms with Gasteiger partial charge in [0.15, 0.2) is 20.9 Å². The molecule has 19 heavy (non-hydrogen) atoms. The van der Waals surface area contributed by atoms with Gasteiger partial charge < -0.3 is 4.98 Å². The first-order valence-electron chi connectivity index (χ1n) is 5.52. The number of carbonyl (C=O) groups excluding carboxylic acids is 1.